The first-order valence-electron chi connectivity index (χ1n) is 6.14. The molecule has 16 heavy (non-hydrogen) atoms. The van der Waals surface area contributed by atoms with Gasteiger partial charge in [-0.1, -0.05) is 6.92 Å². The van der Waals surface area contributed by atoms with E-state index in [1.165, 1.54) is 12.8 Å². The van der Waals surface area contributed by atoms with Crippen molar-refractivity contribution >= 4 is 11.6 Å². The third kappa shape index (κ3) is 2.43. The highest BCUT2D eigenvalue weighted by Crippen LogP contribution is 2.23. The zero-order valence-electron chi connectivity index (χ0n) is 10.1. The molecular weight excluding hydrogens is 200 g/mol. The molecule has 0 saturated carbocycles. The first-order chi connectivity index (χ1) is 7.81. The second-order valence-electron chi connectivity index (χ2n) is 4.37. The molecule has 1 unspecified atom stereocenters. The third-order valence-electron chi connectivity index (χ3n) is 3.03. The molecule has 4 heteroatoms. The number of rotatable bonds is 4. The van der Waals surface area contributed by atoms with Gasteiger partial charge in [-0.25, -0.2) is 4.98 Å². The number of nitrogens with one attached hydrogen (secondary N) is 1. The molecule has 0 amide bonds. The molecule has 1 aliphatic heterocycles. The summed E-state index contributed by atoms with van der Waals surface area (Å²) in [6.07, 6.45) is 7.27. The Kier molecular flexibility index (Phi) is 3.59. The summed E-state index contributed by atoms with van der Waals surface area (Å²) in [6, 6.07) is 0.593. The van der Waals surface area contributed by atoms with E-state index < -0.39 is 0 Å². The van der Waals surface area contributed by atoms with Gasteiger partial charge in [-0.05, 0) is 26.2 Å². The van der Waals surface area contributed by atoms with E-state index in [0.29, 0.717) is 6.04 Å². The van der Waals surface area contributed by atoms with E-state index in [0.717, 1.165) is 31.1 Å². The van der Waals surface area contributed by atoms with E-state index in [-0.39, 0.29) is 0 Å². The van der Waals surface area contributed by atoms with Crippen LogP contribution in [0.1, 0.15) is 33.1 Å². The minimum atomic E-state index is 0.593. The summed E-state index contributed by atoms with van der Waals surface area (Å²) >= 11 is 0. The van der Waals surface area contributed by atoms with Crippen LogP contribution >= 0.6 is 0 Å². The molecule has 1 saturated heterocycles. The molecule has 1 aromatic heterocycles. The molecule has 1 fully saturated rings. The van der Waals surface area contributed by atoms with Crippen molar-refractivity contribution in [2.75, 3.05) is 23.3 Å². The van der Waals surface area contributed by atoms with Crippen LogP contribution in [-0.4, -0.2) is 29.1 Å². The van der Waals surface area contributed by atoms with Gasteiger partial charge in [-0.3, -0.25) is 4.98 Å². The average Bonchev–Trinajstić information content (AvgIpc) is 2.73. The molecular formula is C12H20N4. The summed E-state index contributed by atoms with van der Waals surface area (Å²) in [4.78, 5) is 11.2. The van der Waals surface area contributed by atoms with Gasteiger partial charge in [0.05, 0.1) is 12.4 Å². The lowest BCUT2D eigenvalue weighted by Gasteiger charge is -2.22. The maximum absolute atomic E-state index is 4.60. The lowest BCUT2D eigenvalue weighted by molar-refractivity contribution is 0.725. The normalized spacial score (nSPS) is 20.1. The van der Waals surface area contributed by atoms with Gasteiger partial charge in [0.1, 0.15) is 11.6 Å². The van der Waals surface area contributed by atoms with Gasteiger partial charge in [-0.15, -0.1) is 0 Å². The zero-order valence-corrected chi connectivity index (χ0v) is 10.1. The minimum absolute atomic E-state index is 0.593. The predicted molar refractivity (Wildman–Crippen MR) is 66.9 cm³/mol. The summed E-state index contributed by atoms with van der Waals surface area (Å²) in [6.45, 7) is 6.45. The summed E-state index contributed by atoms with van der Waals surface area (Å²) in [5.74, 6) is 1.89. The Labute approximate surface area is 97.1 Å². The zero-order chi connectivity index (χ0) is 11.4. The fourth-order valence-electron chi connectivity index (χ4n) is 2.11. The van der Waals surface area contributed by atoms with Crippen LogP contribution < -0.4 is 10.2 Å². The van der Waals surface area contributed by atoms with Crippen LogP contribution in [0.15, 0.2) is 12.4 Å². The average molecular weight is 220 g/mol. The molecule has 4 nitrogen and oxygen atoms in total. The van der Waals surface area contributed by atoms with Gasteiger partial charge in [0.25, 0.3) is 0 Å². The molecule has 88 valence electrons. The maximum atomic E-state index is 4.60. The van der Waals surface area contributed by atoms with Crippen LogP contribution in [0.25, 0.3) is 0 Å². The van der Waals surface area contributed by atoms with E-state index in [4.69, 9.17) is 0 Å². The molecule has 1 aliphatic rings. The van der Waals surface area contributed by atoms with Gasteiger partial charge >= 0.3 is 0 Å². The number of anilines is 2. The summed E-state index contributed by atoms with van der Waals surface area (Å²) in [7, 11) is 0. The fourth-order valence-corrected chi connectivity index (χ4v) is 2.11. The molecule has 2 rings (SSSR count). The Morgan fingerprint density at radius 2 is 2.38 bits per heavy atom. The standard InChI is InChI=1S/C12H20N4/c1-3-6-14-11-8-13-9-12(15-11)16-7-4-5-10(16)2/h8-10H,3-7H2,1-2H3,(H,14,15). The van der Waals surface area contributed by atoms with E-state index in [1.54, 1.807) is 6.20 Å². The number of aromatic nitrogens is 2. The first-order valence-corrected chi connectivity index (χ1v) is 6.14. The Balaban J connectivity index is 2.09. The molecule has 0 aromatic carbocycles. The maximum Gasteiger partial charge on any atom is 0.149 e. The highest BCUT2D eigenvalue weighted by Gasteiger charge is 2.21. The van der Waals surface area contributed by atoms with E-state index in [1.807, 2.05) is 6.20 Å². The predicted octanol–water partition coefficient (Wildman–Crippen LogP) is 2.29. The van der Waals surface area contributed by atoms with Crippen LogP contribution in [0.5, 0.6) is 0 Å². The highest BCUT2D eigenvalue weighted by atomic mass is 15.2. The Morgan fingerprint density at radius 3 is 3.06 bits per heavy atom. The van der Waals surface area contributed by atoms with Crippen LogP contribution in [0.3, 0.4) is 0 Å². The van der Waals surface area contributed by atoms with E-state index in [9.17, 15) is 0 Å². The summed E-state index contributed by atoms with van der Waals surface area (Å²) in [5, 5.41) is 3.27. The summed E-state index contributed by atoms with van der Waals surface area (Å²) in [5.41, 5.74) is 0. The first kappa shape index (κ1) is 11.2. The SMILES string of the molecule is CCCNc1cncc(N2CCCC2C)n1. The van der Waals surface area contributed by atoms with Crippen LogP contribution in [0.4, 0.5) is 11.6 Å². The number of hydrogen-bond donors (Lipinski definition) is 1. The van der Waals surface area contributed by atoms with E-state index in [2.05, 4.69) is 34.0 Å². The lowest BCUT2D eigenvalue weighted by atomic mass is 10.2. The van der Waals surface area contributed by atoms with Gasteiger partial charge in [0.2, 0.25) is 0 Å². The van der Waals surface area contributed by atoms with Crippen molar-refractivity contribution in [1.82, 2.24) is 9.97 Å². The van der Waals surface area contributed by atoms with Crippen molar-refractivity contribution in [2.24, 2.45) is 0 Å². The molecule has 2 heterocycles. The highest BCUT2D eigenvalue weighted by molar-refractivity contribution is 5.45. The lowest BCUT2D eigenvalue weighted by Crippen LogP contribution is -2.27. The van der Waals surface area contributed by atoms with Crippen molar-refractivity contribution < 1.29 is 0 Å². The number of nitrogens with zero attached hydrogens (tertiary/aromatic N) is 3. The smallest absolute Gasteiger partial charge is 0.149 e. The molecule has 0 radical (unpaired) electrons. The van der Waals surface area contributed by atoms with Gasteiger partial charge in [0, 0.05) is 19.1 Å². The Bertz CT molecular complexity index is 340. The van der Waals surface area contributed by atoms with Gasteiger partial charge < -0.3 is 10.2 Å². The second kappa shape index (κ2) is 5.14. The minimum Gasteiger partial charge on any atom is -0.369 e. The van der Waals surface area contributed by atoms with Gasteiger partial charge in [-0.2, -0.15) is 0 Å². The van der Waals surface area contributed by atoms with Crippen LogP contribution in [0, 0.1) is 0 Å². The van der Waals surface area contributed by atoms with Gasteiger partial charge in [0.15, 0.2) is 0 Å². The summed E-state index contributed by atoms with van der Waals surface area (Å²) < 4.78 is 0. The van der Waals surface area contributed by atoms with Crippen LogP contribution in [0.2, 0.25) is 0 Å². The fraction of sp³-hybridized carbons (Fsp3) is 0.667. The van der Waals surface area contributed by atoms with E-state index >= 15 is 0 Å². The topological polar surface area (TPSA) is 41.1 Å². The van der Waals surface area contributed by atoms with Crippen molar-refractivity contribution in [3.63, 3.8) is 0 Å². The monoisotopic (exact) mass is 220 g/mol. The molecule has 0 spiro atoms. The molecule has 1 atom stereocenters. The number of hydrogen-bond acceptors (Lipinski definition) is 4. The largest absolute Gasteiger partial charge is 0.369 e. The Hall–Kier alpha value is -1.32. The van der Waals surface area contributed by atoms with Crippen molar-refractivity contribution in [1.29, 1.82) is 0 Å². The van der Waals surface area contributed by atoms with Crippen molar-refractivity contribution in [3.05, 3.63) is 12.4 Å². The van der Waals surface area contributed by atoms with Crippen LogP contribution in [-0.2, 0) is 0 Å². The second-order valence-corrected chi connectivity index (χ2v) is 4.37. The van der Waals surface area contributed by atoms with Crippen molar-refractivity contribution in [2.45, 2.75) is 39.2 Å². The quantitative estimate of drug-likeness (QED) is 0.845. The third-order valence-corrected chi connectivity index (χ3v) is 3.03. The molecule has 0 aliphatic carbocycles. The Morgan fingerprint density at radius 1 is 1.50 bits per heavy atom. The molecule has 1 N–H and O–H groups in total. The molecule has 1 aromatic rings. The molecule has 0 bridgehead atoms. The van der Waals surface area contributed by atoms with Crippen molar-refractivity contribution in [3.8, 4) is 0 Å².